The van der Waals surface area contributed by atoms with Crippen molar-refractivity contribution in [3.63, 3.8) is 0 Å². The summed E-state index contributed by atoms with van der Waals surface area (Å²) in [6.07, 6.45) is 0. The van der Waals surface area contributed by atoms with Crippen LogP contribution in [0.3, 0.4) is 0 Å². The molecule has 0 radical (unpaired) electrons. The maximum absolute atomic E-state index is 13.2. The standard InChI is InChI=1S/C24H19ClO4/c1-15-5-3-4-6-17(15)14-28-24-22(26)20-13-18(25)9-12-21(20)29-23(24)16-7-10-19(27-2)11-8-16/h3-13H,14H2,1-2H3. The maximum atomic E-state index is 13.2. The molecule has 1 aromatic heterocycles. The zero-order valence-electron chi connectivity index (χ0n) is 16.1. The van der Waals surface area contributed by atoms with Crippen LogP contribution < -0.4 is 14.9 Å². The van der Waals surface area contributed by atoms with Gasteiger partial charge in [0.2, 0.25) is 11.2 Å². The highest BCUT2D eigenvalue weighted by molar-refractivity contribution is 6.31. The summed E-state index contributed by atoms with van der Waals surface area (Å²) in [6, 6.07) is 20.2. The van der Waals surface area contributed by atoms with E-state index in [0.29, 0.717) is 27.5 Å². The van der Waals surface area contributed by atoms with Crippen molar-refractivity contribution in [2.45, 2.75) is 13.5 Å². The van der Waals surface area contributed by atoms with Crippen LogP contribution in [-0.4, -0.2) is 7.11 Å². The maximum Gasteiger partial charge on any atom is 0.235 e. The van der Waals surface area contributed by atoms with Gasteiger partial charge in [-0.25, -0.2) is 0 Å². The van der Waals surface area contributed by atoms with Crippen molar-refractivity contribution < 1.29 is 13.9 Å². The molecule has 0 aliphatic rings. The minimum atomic E-state index is -0.256. The molecule has 1 heterocycles. The topological polar surface area (TPSA) is 48.7 Å². The summed E-state index contributed by atoms with van der Waals surface area (Å²) < 4.78 is 17.3. The van der Waals surface area contributed by atoms with Gasteiger partial charge < -0.3 is 13.9 Å². The van der Waals surface area contributed by atoms with Crippen LogP contribution in [-0.2, 0) is 6.61 Å². The van der Waals surface area contributed by atoms with E-state index in [1.807, 2.05) is 55.5 Å². The first-order valence-corrected chi connectivity index (χ1v) is 9.52. The molecule has 5 heteroatoms. The van der Waals surface area contributed by atoms with Crippen molar-refractivity contribution in [1.82, 2.24) is 0 Å². The largest absolute Gasteiger partial charge is 0.497 e. The fourth-order valence-corrected chi connectivity index (χ4v) is 3.31. The second-order valence-electron chi connectivity index (χ2n) is 6.67. The number of methoxy groups -OCH3 is 1. The summed E-state index contributed by atoms with van der Waals surface area (Å²) in [6.45, 7) is 2.26. The number of aryl methyl sites for hydroxylation is 1. The monoisotopic (exact) mass is 406 g/mol. The normalized spacial score (nSPS) is 10.9. The second-order valence-corrected chi connectivity index (χ2v) is 7.11. The van der Waals surface area contributed by atoms with E-state index in [-0.39, 0.29) is 17.8 Å². The minimum Gasteiger partial charge on any atom is -0.497 e. The lowest BCUT2D eigenvalue weighted by Crippen LogP contribution is -2.10. The van der Waals surface area contributed by atoms with Gasteiger partial charge in [0.1, 0.15) is 17.9 Å². The summed E-state index contributed by atoms with van der Waals surface area (Å²) in [5, 5.41) is 0.849. The summed E-state index contributed by atoms with van der Waals surface area (Å²) in [7, 11) is 1.60. The molecule has 0 atom stereocenters. The summed E-state index contributed by atoms with van der Waals surface area (Å²) >= 11 is 6.09. The lowest BCUT2D eigenvalue weighted by atomic mass is 10.1. The molecule has 4 aromatic rings. The molecule has 0 spiro atoms. The Morgan fingerprint density at radius 2 is 1.76 bits per heavy atom. The smallest absolute Gasteiger partial charge is 0.235 e. The van der Waals surface area contributed by atoms with Crippen molar-refractivity contribution in [1.29, 1.82) is 0 Å². The number of hydrogen-bond acceptors (Lipinski definition) is 4. The van der Waals surface area contributed by atoms with Gasteiger partial charge >= 0.3 is 0 Å². The quantitative estimate of drug-likeness (QED) is 0.407. The zero-order valence-corrected chi connectivity index (χ0v) is 16.8. The van der Waals surface area contributed by atoms with E-state index in [0.717, 1.165) is 16.7 Å². The highest BCUT2D eigenvalue weighted by Crippen LogP contribution is 2.33. The first-order chi connectivity index (χ1) is 14.1. The van der Waals surface area contributed by atoms with E-state index in [1.54, 1.807) is 25.3 Å². The molecule has 0 saturated heterocycles. The fraction of sp³-hybridized carbons (Fsp3) is 0.125. The molecule has 29 heavy (non-hydrogen) atoms. The molecule has 0 unspecified atom stereocenters. The van der Waals surface area contributed by atoms with Crippen LogP contribution >= 0.6 is 11.6 Å². The number of hydrogen-bond donors (Lipinski definition) is 0. The molecule has 4 rings (SSSR count). The lowest BCUT2D eigenvalue weighted by Gasteiger charge is -2.13. The number of benzene rings is 3. The van der Waals surface area contributed by atoms with Gasteiger partial charge in [-0.05, 0) is 60.5 Å². The van der Waals surface area contributed by atoms with E-state index in [9.17, 15) is 4.79 Å². The van der Waals surface area contributed by atoms with Crippen LogP contribution in [0.2, 0.25) is 5.02 Å². The zero-order chi connectivity index (χ0) is 20.4. The van der Waals surface area contributed by atoms with Gasteiger partial charge in [0.15, 0.2) is 5.76 Å². The van der Waals surface area contributed by atoms with Gasteiger partial charge in [0.05, 0.1) is 12.5 Å². The molecule has 0 bridgehead atoms. The van der Waals surface area contributed by atoms with E-state index >= 15 is 0 Å². The molecule has 0 saturated carbocycles. The van der Waals surface area contributed by atoms with Crippen LogP contribution in [0, 0.1) is 6.92 Å². The lowest BCUT2D eigenvalue weighted by molar-refractivity contribution is 0.297. The average Bonchev–Trinajstić information content (AvgIpc) is 2.74. The molecule has 0 N–H and O–H groups in total. The summed E-state index contributed by atoms with van der Waals surface area (Å²) in [5.41, 5.74) is 3.01. The molecule has 0 amide bonds. The second kappa shape index (κ2) is 8.02. The Labute approximate surface area is 173 Å². The van der Waals surface area contributed by atoms with Crippen molar-refractivity contribution in [2.24, 2.45) is 0 Å². The molecular weight excluding hydrogens is 388 g/mol. The first kappa shape index (κ1) is 19.1. The van der Waals surface area contributed by atoms with Crippen molar-refractivity contribution in [3.8, 4) is 22.8 Å². The van der Waals surface area contributed by atoms with Gasteiger partial charge in [0, 0.05) is 10.6 Å². The van der Waals surface area contributed by atoms with Crippen molar-refractivity contribution >= 4 is 22.6 Å². The third-order valence-corrected chi connectivity index (χ3v) is 5.03. The molecule has 3 aromatic carbocycles. The van der Waals surface area contributed by atoms with Crippen molar-refractivity contribution in [2.75, 3.05) is 7.11 Å². The van der Waals surface area contributed by atoms with Crippen molar-refractivity contribution in [3.05, 3.63) is 93.1 Å². The van der Waals surface area contributed by atoms with Crippen LogP contribution in [0.1, 0.15) is 11.1 Å². The molecule has 0 fully saturated rings. The number of rotatable bonds is 5. The van der Waals surface area contributed by atoms with E-state index in [1.165, 1.54) is 0 Å². The van der Waals surface area contributed by atoms with Crippen LogP contribution in [0.25, 0.3) is 22.3 Å². The van der Waals surface area contributed by atoms with E-state index in [4.69, 9.17) is 25.5 Å². The predicted molar refractivity (Wildman–Crippen MR) is 115 cm³/mol. The molecule has 0 aliphatic carbocycles. The van der Waals surface area contributed by atoms with Gasteiger partial charge in [-0.1, -0.05) is 35.9 Å². The van der Waals surface area contributed by atoms with Gasteiger partial charge in [0.25, 0.3) is 0 Å². The Morgan fingerprint density at radius 1 is 1.00 bits per heavy atom. The number of ether oxygens (including phenoxy) is 2. The highest BCUT2D eigenvalue weighted by Gasteiger charge is 2.18. The Bertz CT molecular complexity index is 1230. The molecular formula is C24H19ClO4. The Morgan fingerprint density at radius 3 is 2.48 bits per heavy atom. The first-order valence-electron chi connectivity index (χ1n) is 9.15. The molecule has 4 nitrogen and oxygen atoms in total. The number of fused-ring (bicyclic) bond motifs is 1. The molecule has 146 valence electrons. The Hall–Kier alpha value is -3.24. The van der Waals surface area contributed by atoms with E-state index < -0.39 is 0 Å². The highest BCUT2D eigenvalue weighted by atomic mass is 35.5. The third kappa shape index (κ3) is 3.84. The minimum absolute atomic E-state index is 0.160. The third-order valence-electron chi connectivity index (χ3n) is 4.80. The van der Waals surface area contributed by atoms with Gasteiger partial charge in [-0.2, -0.15) is 0 Å². The number of halogens is 1. The predicted octanol–water partition coefficient (Wildman–Crippen LogP) is 6.01. The average molecular weight is 407 g/mol. The SMILES string of the molecule is COc1ccc(-c2oc3ccc(Cl)cc3c(=O)c2OCc2ccccc2C)cc1. The van der Waals surface area contributed by atoms with Gasteiger partial charge in [-0.15, -0.1) is 0 Å². The fourth-order valence-electron chi connectivity index (χ4n) is 3.14. The Balaban J connectivity index is 1.85. The van der Waals surface area contributed by atoms with E-state index in [2.05, 4.69) is 0 Å². The molecule has 0 aliphatic heterocycles. The van der Waals surface area contributed by atoms with Crippen LogP contribution in [0.5, 0.6) is 11.5 Å². The Kier molecular flexibility index (Phi) is 5.28. The van der Waals surface area contributed by atoms with Crippen LogP contribution in [0.15, 0.2) is 75.9 Å². The summed E-state index contributed by atoms with van der Waals surface area (Å²) in [5.74, 6) is 1.25. The van der Waals surface area contributed by atoms with Crippen LogP contribution in [0.4, 0.5) is 0 Å². The van der Waals surface area contributed by atoms with Gasteiger partial charge in [-0.3, -0.25) is 4.79 Å². The summed E-state index contributed by atoms with van der Waals surface area (Å²) in [4.78, 5) is 13.2.